The number of anilines is 1. The summed E-state index contributed by atoms with van der Waals surface area (Å²) in [6.07, 6.45) is 3.57. The number of piperazine rings is 1. The minimum Gasteiger partial charge on any atom is -0.478 e. The number of nitrogens with one attached hydrogen (secondary N) is 1. The third-order valence-corrected chi connectivity index (χ3v) is 8.06. The van der Waals surface area contributed by atoms with Crippen LogP contribution in [0.4, 0.5) is 10.5 Å². The van der Waals surface area contributed by atoms with E-state index in [0.29, 0.717) is 57.3 Å². The van der Waals surface area contributed by atoms with Crippen molar-refractivity contribution < 1.29 is 29.0 Å². The highest BCUT2D eigenvalue weighted by Crippen LogP contribution is 2.33. The first-order valence-electron chi connectivity index (χ1n) is 13.0. The van der Waals surface area contributed by atoms with Gasteiger partial charge in [0.25, 0.3) is 0 Å². The minimum atomic E-state index is -1.04. The van der Waals surface area contributed by atoms with Gasteiger partial charge in [0, 0.05) is 50.4 Å². The number of carbonyl (C=O) groups excluding carboxylic acids is 3. The normalized spacial score (nSPS) is 26.5. The molecule has 37 heavy (non-hydrogen) atoms. The van der Waals surface area contributed by atoms with Crippen molar-refractivity contribution in [1.29, 1.82) is 0 Å². The molecule has 11 nitrogen and oxygen atoms in total. The van der Waals surface area contributed by atoms with Gasteiger partial charge in [-0.15, -0.1) is 0 Å². The molecule has 202 valence electrons. The summed E-state index contributed by atoms with van der Waals surface area (Å²) < 4.78 is 4.83. The Morgan fingerprint density at radius 2 is 1.68 bits per heavy atom. The number of carboxylic acids is 1. The third-order valence-electron chi connectivity index (χ3n) is 8.06. The van der Waals surface area contributed by atoms with E-state index in [-0.39, 0.29) is 35.4 Å². The lowest BCUT2D eigenvalue weighted by Crippen LogP contribution is -2.52. The van der Waals surface area contributed by atoms with E-state index in [1.54, 1.807) is 21.9 Å². The van der Waals surface area contributed by atoms with Crippen LogP contribution in [0.1, 0.15) is 42.5 Å². The summed E-state index contributed by atoms with van der Waals surface area (Å²) in [4.78, 5) is 55.7. The first-order valence-corrected chi connectivity index (χ1v) is 13.0. The highest BCUT2D eigenvalue weighted by molar-refractivity contribution is 5.98. The molecule has 3 aliphatic rings. The number of amides is 3. The summed E-state index contributed by atoms with van der Waals surface area (Å²) in [6, 6.07) is 5.38. The van der Waals surface area contributed by atoms with Crippen LogP contribution in [0.3, 0.4) is 0 Å². The van der Waals surface area contributed by atoms with Crippen molar-refractivity contribution in [3.05, 3.63) is 29.8 Å². The van der Waals surface area contributed by atoms with Crippen LogP contribution in [0, 0.1) is 11.8 Å². The Labute approximate surface area is 216 Å². The molecular weight excluding hydrogens is 478 g/mol. The van der Waals surface area contributed by atoms with E-state index in [1.165, 1.54) is 19.2 Å². The van der Waals surface area contributed by atoms with Gasteiger partial charge < -0.3 is 30.7 Å². The largest absolute Gasteiger partial charge is 0.478 e. The fraction of sp³-hybridized carbons (Fsp3) is 0.615. The van der Waals surface area contributed by atoms with Gasteiger partial charge in [-0.1, -0.05) is 0 Å². The molecule has 1 aliphatic carbocycles. The predicted molar refractivity (Wildman–Crippen MR) is 136 cm³/mol. The maximum absolute atomic E-state index is 13.7. The summed E-state index contributed by atoms with van der Waals surface area (Å²) in [6.45, 7) is 3.46. The quantitative estimate of drug-likeness (QED) is 0.516. The monoisotopic (exact) mass is 515 g/mol. The number of hydrogen-bond acceptors (Lipinski definition) is 7. The van der Waals surface area contributed by atoms with Crippen LogP contribution in [0.2, 0.25) is 0 Å². The van der Waals surface area contributed by atoms with E-state index in [9.17, 15) is 19.2 Å². The molecule has 0 bridgehead atoms. The molecule has 0 radical (unpaired) electrons. The molecule has 4 N–H and O–H groups in total. The second kappa shape index (κ2) is 11.9. The first kappa shape index (κ1) is 26.9. The zero-order valence-electron chi connectivity index (χ0n) is 21.3. The molecule has 3 amide bonds. The number of ether oxygens (including phenoxy) is 1. The van der Waals surface area contributed by atoms with Crippen molar-refractivity contribution in [3.63, 3.8) is 0 Å². The summed E-state index contributed by atoms with van der Waals surface area (Å²) in [7, 11) is 1.37. The van der Waals surface area contributed by atoms with Crippen LogP contribution in [0.15, 0.2) is 24.3 Å². The van der Waals surface area contributed by atoms with Gasteiger partial charge >= 0.3 is 12.1 Å². The minimum absolute atomic E-state index is 0.00858. The Morgan fingerprint density at radius 1 is 1.03 bits per heavy atom. The topological polar surface area (TPSA) is 146 Å². The Morgan fingerprint density at radius 3 is 2.24 bits per heavy atom. The van der Waals surface area contributed by atoms with Gasteiger partial charge in [-0.2, -0.15) is 0 Å². The summed E-state index contributed by atoms with van der Waals surface area (Å²) >= 11 is 0. The molecule has 2 aliphatic heterocycles. The summed E-state index contributed by atoms with van der Waals surface area (Å²) in [5.74, 6) is -0.947. The zero-order chi connectivity index (χ0) is 26.5. The standard InChI is InChI=1S/C26H37N5O6/c1-37-26(36)30-12-10-29(11-13-30)21-14-22(23(32)28-20-8-6-19(7-9-20)25(34)35)31(16-21)24(33)18-4-2-17(15-27)3-5-18/h6-9,17-18,21-22H,2-5,10-16,27H2,1H3,(H,28,32)(H,34,35)/t17-,18-,21-,22-/m0/s1. The van der Waals surface area contributed by atoms with E-state index < -0.39 is 12.0 Å². The third kappa shape index (κ3) is 6.22. The SMILES string of the molecule is COC(=O)N1CCN([C@H]2C[C@@H](C(=O)Nc3ccc(C(=O)O)cc3)N(C(=O)[C@H]3CC[C@H](CN)CC3)C2)CC1. The Kier molecular flexibility index (Phi) is 8.65. The number of methoxy groups -OCH3 is 1. The number of benzene rings is 1. The first-order chi connectivity index (χ1) is 17.8. The fourth-order valence-electron chi connectivity index (χ4n) is 5.77. The van der Waals surface area contributed by atoms with E-state index in [0.717, 1.165) is 25.7 Å². The highest BCUT2D eigenvalue weighted by Gasteiger charge is 2.44. The number of nitrogens with zero attached hydrogens (tertiary/aromatic N) is 3. The van der Waals surface area contributed by atoms with Crippen LogP contribution >= 0.6 is 0 Å². The molecule has 2 atom stereocenters. The van der Waals surface area contributed by atoms with E-state index >= 15 is 0 Å². The van der Waals surface area contributed by atoms with E-state index in [1.807, 2.05) is 0 Å². The fourth-order valence-corrected chi connectivity index (χ4v) is 5.77. The molecule has 1 saturated carbocycles. The average Bonchev–Trinajstić information content (AvgIpc) is 3.38. The van der Waals surface area contributed by atoms with Crippen LogP contribution in [0.5, 0.6) is 0 Å². The van der Waals surface area contributed by atoms with Crippen molar-refractivity contribution in [1.82, 2.24) is 14.7 Å². The van der Waals surface area contributed by atoms with Crippen LogP contribution in [0.25, 0.3) is 0 Å². The molecule has 2 saturated heterocycles. The smallest absolute Gasteiger partial charge is 0.409 e. The second-order valence-corrected chi connectivity index (χ2v) is 10.2. The van der Waals surface area contributed by atoms with Gasteiger partial charge in [0.1, 0.15) is 6.04 Å². The van der Waals surface area contributed by atoms with Gasteiger partial charge in [0.15, 0.2) is 0 Å². The van der Waals surface area contributed by atoms with Crippen molar-refractivity contribution in [2.45, 2.75) is 44.2 Å². The van der Waals surface area contributed by atoms with Gasteiger partial charge in [0.2, 0.25) is 11.8 Å². The second-order valence-electron chi connectivity index (χ2n) is 10.2. The number of carboxylic acid groups (broad SMARTS) is 1. The number of hydrogen-bond donors (Lipinski definition) is 3. The Balaban J connectivity index is 1.46. The highest BCUT2D eigenvalue weighted by atomic mass is 16.5. The lowest BCUT2D eigenvalue weighted by atomic mass is 9.81. The average molecular weight is 516 g/mol. The van der Waals surface area contributed by atoms with Crippen molar-refractivity contribution in [2.24, 2.45) is 17.6 Å². The van der Waals surface area contributed by atoms with Gasteiger partial charge in [-0.3, -0.25) is 14.5 Å². The molecule has 3 fully saturated rings. The number of likely N-dealkylation sites (tertiary alicyclic amines) is 1. The van der Waals surface area contributed by atoms with Crippen molar-refractivity contribution in [2.75, 3.05) is 51.7 Å². The zero-order valence-corrected chi connectivity index (χ0v) is 21.3. The molecule has 1 aromatic rings. The van der Waals surface area contributed by atoms with E-state index in [2.05, 4.69) is 10.2 Å². The van der Waals surface area contributed by atoms with Crippen molar-refractivity contribution >= 4 is 29.6 Å². The molecule has 0 unspecified atom stereocenters. The van der Waals surface area contributed by atoms with Gasteiger partial charge in [-0.25, -0.2) is 9.59 Å². The molecule has 4 rings (SSSR count). The molecule has 0 aromatic heterocycles. The number of rotatable bonds is 6. The molecule has 2 heterocycles. The maximum atomic E-state index is 13.7. The molecular formula is C26H37N5O6. The van der Waals surface area contributed by atoms with Crippen LogP contribution in [-0.4, -0.2) is 102 Å². The number of carbonyl (C=O) groups is 4. The maximum Gasteiger partial charge on any atom is 0.409 e. The van der Waals surface area contributed by atoms with Crippen molar-refractivity contribution in [3.8, 4) is 0 Å². The Hall–Kier alpha value is -3.18. The number of nitrogens with two attached hydrogens (primary N) is 1. The Bertz CT molecular complexity index is 986. The summed E-state index contributed by atoms with van der Waals surface area (Å²) in [5, 5.41) is 12.0. The molecule has 11 heteroatoms. The molecule has 0 spiro atoms. The lowest BCUT2D eigenvalue weighted by molar-refractivity contribution is -0.141. The van der Waals surface area contributed by atoms with E-state index in [4.69, 9.17) is 15.6 Å². The lowest BCUT2D eigenvalue weighted by Gasteiger charge is -2.37. The van der Waals surface area contributed by atoms with Crippen LogP contribution in [-0.2, 0) is 14.3 Å². The van der Waals surface area contributed by atoms with Crippen LogP contribution < -0.4 is 11.1 Å². The van der Waals surface area contributed by atoms with Gasteiger partial charge in [-0.05, 0) is 68.8 Å². The molecule has 1 aromatic carbocycles. The summed E-state index contributed by atoms with van der Waals surface area (Å²) in [5.41, 5.74) is 6.45. The predicted octanol–water partition coefficient (Wildman–Crippen LogP) is 1.44. The number of aromatic carboxylic acids is 1. The van der Waals surface area contributed by atoms with Gasteiger partial charge in [0.05, 0.1) is 12.7 Å².